The molecule has 1 aliphatic heterocycles. The summed E-state index contributed by atoms with van der Waals surface area (Å²) in [6.45, 7) is 0.335. The molecule has 4 aromatic rings. The largest absolute Gasteiger partial charge is 0.496 e. The van der Waals surface area contributed by atoms with Crippen LogP contribution < -0.4 is 20.7 Å². The number of nitriles is 1. The number of ether oxygens (including phenoxy) is 1. The van der Waals surface area contributed by atoms with Gasteiger partial charge in [0.15, 0.2) is 5.82 Å². The Bertz CT molecular complexity index is 1770. The number of nitrogens with one attached hydrogen (secondary N) is 1. The molecule has 2 aromatic heterocycles. The minimum absolute atomic E-state index is 0.00430. The van der Waals surface area contributed by atoms with Crippen molar-refractivity contribution in [3.63, 3.8) is 0 Å². The first-order valence-corrected chi connectivity index (χ1v) is 14.9. The lowest BCUT2D eigenvalue weighted by molar-refractivity contribution is 0.102. The number of carbonyl (C=O) groups is 1. The molecule has 0 radical (unpaired) electrons. The van der Waals surface area contributed by atoms with Crippen molar-refractivity contribution in [3.05, 3.63) is 84.2 Å². The molecule has 234 valence electrons. The Hall–Kier alpha value is -4.81. The quantitative estimate of drug-likeness (QED) is 0.160. The highest BCUT2D eigenvalue weighted by Gasteiger charge is 2.32. The summed E-state index contributed by atoms with van der Waals surface area (Å²) in [6, 6.07) is 14.5. The van der Waals surface area contributed by atoms with E-state index in [4.69, 9.17) is 29.7 Å². The highest BCUT2D eigenvalue weighted by molar-refractivity contribution is 7.45. The van der Waals surface area contributed by atoms with Gasteiger partial charge in [0.1, 0.15) is 17.3 Å². The molecule has 5 rings (SSSR count). The molecule has 16 heteroatoms. The molecule has 1 fully saturated rings. The number of nitrogens with zero attached hydrogens (tertiary/aromatic N) is 5. The molecule has 7 N–H and O–H groups in total. The number of phosphoric acid groups is 1. The van der Waals surface area contributed by atoms with E-state index in [0.29, 0.717) is 41.0 Å². The van der Waals surface area contributed by atoms with Crippen molar-refractivity contribution in [3.8, 4) is 34.3 Å². The van der Waals surface area contributed by atoms with Crippen molar-refractivity contribution >= 4 is 25.1 Å². The third kappa shape index (κ3) is 8.22. The predicted octanol–water partition coefficient (Wildman–Crippen LogP) is 2.45. The number of halogens is 1. The molecule has 2 aromatic carbocycles. The molecule has 0 unspecified atom stereocenters. The molecule has 14 nitrogen and oxygen atoms in total. The van der Waals surface area contributed by atoms with Gasteiger partial charge in [-0.15, -0.1) is 0 Å². The monoisotopic (exact) mass is 637 g/mol. The number of aliphatic hydroxyl groups is 1. The number of amides is 1. The first-order chi connectivity index (χ1) is 21.4. The third-order valence-electron chi connectivity index (χ3n) is 6.77. The number of nitrogens with two attached hydrogens (primary N) is 1. The van der Waals surface area contributed by atoms with E-state index in [1.807, 2.05) is 11.0 Å². The lowest BCUT2D eigenvalue weighted by Gasteiger charge is -2.28. The molecule has 45 heavy (non-hydrogen) atoms. The van der Waals surface area contributed by atoms with Gasteiger partial charge in [-0.3, -0.25) is 9.78 Å². The van der Waals surface area contributed by atoms with Crippen LogP contribution in [-0.2, 0) is 4.57 Å². The zero-order chi connectivity index (χ0) is 32.7. The highest BCUT2D eigenvalue weighted by Crippen LogP contribution is 2.37. The summed E-state index contributed by atoms with van der Waals surface area (Å²) in [5.74, 6) is -0.883. The third-order valence-corrected chi connectivity index (χ3v) is 6.77. The summed E-state index contributed by atoms with van der Waals surface area (Å²) in [6.07, 6.45) is 5.10. The maximum Gasteiger partial charge on any atom is 0.466 e. The minimum atomic E-state index is -4.64. The molecule has 1 saturated heterocycles. The number of benzene rings is 2. The van der Waals surface area contributed by atoms with Crippen LogP contribution in [-0.4, -0.2) is 73.0 Å². The number of aromatic nitrogens is 3. The van der Waals surface area contributed by atoms with E-state index in [1.165, 1.54) is 31.5 Å². The van der Waals surface area contributed by atoms with E-state index < -0.39 is 19.5 Å². The second-order valence-electron chi connectivity index (χ2n) is 9.80. The fourth-order valence-corrected chi connectivity index (χ4v) is 4.87. The number of methoxy groups -OCH3 is 1. The SMILES string of the molecule is COc1cccc(F)c1-c1nccc(C(=O)Nc2ccc(-c3cnccc3C#N)cc2N2C[C@@H](N)C[C@H]2CO)n1.O=P(O)(O)O. The fourth-order valence-electron chi connectivity index (χ4n) is 4.87. The number of hydrogen-bond acceptors (Lipinski definition) is 10. The van der Waals surface area contributed by atoms with Crippen molar-refractivity contribution in [1.29, 1.82) is 5.26 Å². The molecule has 0 bridgehead atoms. The van der Waals surface area contributed by atoms with Crippen LogP contribution in [0.5, 0.6) is 5.75 Å². The molecular formula is C29H29FN7O7P. The maximum absolute atomic E-state index is 14.6. The van der Waals surface area contributed by atoms with Crippen LogP contribution in [0.1, 0.15) is 22.5 Å². The van der Waals surface area contributed by atoms with Gasteiger partial charge < -0.3 is 40.5 Å². The highest BCUT2D eigenvalue weighted by atomic mass is 31.2. The Labute approximate surface area is 256 Å². The van der Waals surface area contributed by atoms with Gasteiger partial charge in [-0.05, 0) is 48.4 Å². The van der Waals surface area contributed by atoms with Gasteiger partial charge in [0.25, 0.3) is 5.91 Å². The van der Waals surface area contributed by atoms with Gasteiger partial charge in [0.05, 0.1) is 48.3 Å². The van der Waals surface area contributed by atoms with Crippen LogP contribution >= 0.6 is 7.82 Å². The van der Waals surface area contributed by atoms with Crippen molar-refractivity contribution < 1.29 is 38.3 Å². The smallest absolute Gasteiger partial charge is 0.466 e. The zero-order valence-corrected chi connectivity index (χ0v) is 24.7. The van der Waals surface area contributed by atoms with E-state index in [-0.39, 0.29) is 41.5 Å². The van der Waals surface area contributed by atoms with Crippen molar-refractivity contribution in [2.24, 2.45) is 5.73 Å². The Morgan fingerprint density at radius 1 is 1.22 bits per heavy atom. The number of anilines is 2. The maximum atomic E-state index is 14.6. The first-order valence-electron chi connectivity index (χ1n) is 13.3. The van der Waals surface area contributed by atoms with Gasteiger partial charge in [0.2, 0.25) is 0 Å². The van der Waals surface area contributed by atoms with Crippen molar-refractivity contribution in [1.82, 2.24) is 15.0 Å². The van der Waals surface area contributed by atoms with Gasteiger partial charge >= 0.3 is 7.82 Å². The van der Waals surface area contributed by atoms with Crippen LogP contribution in [0.4, 0.5) is 15.8 Å². The Morgan fingerprint density at radius 2 is 1.98 bits per heavy atom. The van der Waals surface area contributed by atoms with E-state index in [2.05, 4.69) is 26.3 Å². The number of pyridine rings is 1. The average Bonchev–Trinajstić information content (AvgIpc) is 3.40. The Balaban J connectivity index is 0.000000854. The molecule has 0 aliphatic carbocycles. The van der Waals surface area contributed by atoms with Crippen LogP contribution in [0.25, 0.3) is 22.5 Å². The normalized spacial score (nSPS) is 15.9. The van der Waals surface area contributed by atoms with E-state index in [1.54, 1.807) is 36.7 Å². The van der Waals surface area contributed by atoms with Gasteiger partial charge in [-0.2, -0.15) is 5.26 Å². The van der Waals surface area contributed by atoms with Crippen LogP contribution in [0.3, 0.4) is 0 Å². The summed E-state index contributed by atoms with van der Waals surface area (Å²) in [5, 5.41) is 22.5. The second kappa shape index (κ2) is 14.3. The first kappa shape index (κ1) is 33.1. The van der Waals surface area contributed by atoms with Crippen LogP contribution in [0.2, 0.25) is 0 Å². The van der Waals surface area contributed by atoms with Gasteiger partial charge in [0, 0.05) is 36.7 Å². The number of carbonyl (C=O) groups excluding carboxylic acids is 1. The summed E-state index contributed by atoms with van der Waals surface area (Å²) in [7, 11) is -3.23. The topological polar surface area (TPSA) is 228 Å². The zero-order valence-electron chi connectivity index (χ0n) is 23.8. The van der Waals surface area contributed by atoms with Crippen LogP contribution in [0, 0.1) is 17.1 Å². The standard InChI is InChI=1S/C29H26FN7O3.H3O4P/c1-40-26-4-2-3-22(30)27(26)28-34-10-8-24(35-28)29(39)36-23-6-5-17(21-14-33-9-7-18(21)13-31)11-25(23)37-15-19(32)12-20(37)16-38;1-5(2,3)4/h2-11,14,19-20,38H,12,15-16,32H2,1H3,(H,36,39);(H3,1,2,3,4)/t19-,20-;/m0./s1. The Kier molecular flexibility index (Phi) is 10.5. The molecule has 1 aliphatic rings. The Morgan fingerprint density at radius 3 is 2.67 bits per heavy atom. The minimum Gasteiger partial charge on any atom is -0.496 e. The molecule has 2 atom stereocenters. The lowest BCUT2D eigenvalue weighted by Crippen LogP contribution is -2.33. The summed E-state index contributed by atoms with van der Waals surface area (Å²) < 4.78 is 28.8. The lowest BCUT2D eigenvalue weighted by atomic mass is 10.0. The molecular weight excluding hydrogens is 608 g/mol. The molecule has 0 saturated carbocycles. The number of rotatable bonds is 7. The van der Waals surface area contributed by atoms with E-state index >= 15 is 0 Å². The molecule has 0 spiro atoms. The van der Waals surface area contributed by atoms with Crippen molar-refractivity contribution in [2.75, 3.05) is 30.5 Å². The van der Waals surface area contributed by atoms with E-state index in [0.717, 1.165) is 0 Å². The van der Waals surface area contributed by atoms with Crippen LogP contribution in [0.15, 0.2) is 67.1 Å². The van der Waals surface area contributed by atoms with E-state index in [9.17, 15) is 19.6 Å². The van der Waals surface area contributed by atoms with Gasteiger partial charge in [-0.1, -0.05) is 12.1 Å². The average molecular weight is 638 g/mol. The van der Waals surface area contributed by atoms with Crippen molar-refractivity contribution in [2.45, 2.75) is 18.5 Å². The molecule has 1 amide bonds. The predicted molar refractivity (Wildman–Crippen MR) is 161 cm³/mol. The second-order valence-corrected chi connectivity index (χ2v) is 10.8. The molecule has 3 heterocycles. The number of aliphatic hydroxyl groups excluding tert-OH is 1. The summed E-state index contributed by atoms with van der Waals surface area (Å²) in [5.41, 5.74) is 9.15. The summed E-state index contributed by atoms with van der Waals surface area (Å²) in [4.78, 5) is 49.5. The fraction of sp³-hybridized carbons (Fsp3) is 0.207. The van der Waals surface area contributed by atoms with Gasteiger partial charge in [-0.25, -0.2) is 18.9 Å². The number of hydrogen-bond donors (Lipinski definition) is 6. The summed E-state index contributed by atoms with van der Waals surface area (Å²) >= 11 is 0.